The van der Waals surface area contributed by atoms with Crippen molar-refractivity contribution in [1.29, 1.82) is 0 Å². The molecule has 1 aromatic rings. The van der Waals surface area contributed by atoms with E-state index >= 15 is 0 Å². The number of aromatic nitrogens is 2. The summed E-state index contributed by atoms with van der Waals surface area (Å²) >= 11 is 0. The Bertz CT molecular complexity index is 491. The molecule has 107 valence electrons. The fourth-order valence-electron chi connectivity index (χ4n) is 4.56. The molecule has 1 aromatic heterocycles. The molecule has 4 aliphatic rings. The molecule has 5 heteroatoms. The molecule has 5 rings (SSSR count). The second-order valence-electron chi connectivity index (χ2n) is 6.61. The minimum atomic E-state index is -2.60. The Morgan fingerprint density at radius 2 is 2.25 bits per heavy atom. The van der Waals surface area contributed by atoms with Gasteiger partial charge in [0.15, 0.2) is 0 Å². The first-order valence-corrected chi connectivity index (χ1v) is 7.32. The van der Waals surface area contributed by atoms with Crippen molar-refractivity contribution in [1.82, 2.24) is 15.5 Å². The van der Waals surface area contributed by atoms with Crippen LogP contribution in [0.3, 0.4) is 0 Å². The zero-order chi connectivity index (χ0) is 13.8. The van der Waals surface area contributed by atoms with Crippen molar-refractivity contribution in [2.24, 2.45) is 11.8 Å². The molecular formula is C15H18F2N3. The first-order chi connectivity index (χ1) is 9.59. The molecule has 4 fully saturated rings. The summed E-state index contributed by atoms with van der Waals surface area (Å²) in [7, 11) is 0. The third-order valence-corrected chi connectivity index (χ3v) is 5.31. The molecule has 20 heavy (non-hydrogen) atoms. The van der Waals surface area contributed by atoms with Crippen molar-refractivity contribution in [3.8, 4) is 0 Å². The standard InChI is InChI=1S/C15H18F2N3/c16-15(17)12-5-10-4-11(6-12)8-14(15,7-10)18-9-13-2-1-3-19-20-13/h1-3,10,12,18H,4-9H2. The molecule has 4 aliphatic carbocycles. The normalized spacial score (nSPS) is 38.3. The molecule has 0 spiro atoms. The van der Waals surface area contributed by atoms with Crippen LogP contribution < -0.4 is 5.32 Å². The molecule has 0 aromatic carbocycles. The predicted molar refractivity (Wildman–Crippen MR) is 69.9 cm³/mol. The van der Waals surface area contributed by atoms with Crippen LogP contribution in [0.1, 0.15) is 37.8 Å². The molecular weight excluding hydrogens is 260 g/mol. The first kappa shape index (κ1) is 12.6. The summed E-state index contributed by atoms with van der Waals surface area (Å²) in [6.45, 7) is 0.371. The van der Waals surface area contributed by atoms with E-state index in [-0.39, 0.29) is 0 Å². The lowest BCUT2D eigenvalue weighted by molar-refractivity contribution is -0.202. The van der Waals surface area contributed by atoms with Crippen LogP contribution in [0, 0.1) is 17.8 Å². The molecule has 3 nitrogen and oxygen atoms in total. The SMILES string of the molecule is FC1(F)C2C[C]3CC(C2)CC1(NCc1cccnn1)C3. The van der Waals surface area contributed by atoms with Crippen LogP contribution in [0.2, 0.25) is 0 Å². The van der Waals surface area contributed by atoms with Gasteiger partial charge in [-0.3, -0.25) is 0 Å². The Balaban J connectivity index is 1.58. The van der Waals surface area contributed by atoms with Gasteiger partial charge in [0, 0.05) is 18.7 Å². The van der Waals surface area contributed by atoms with Gasteiger partial charge in [-0.15, -0.1) is 0 Å². The van der Waals surface area contributed by atoms with E-state index in [0.717, 1.165) is 12.1 Å². The smallest absolute Gasteiger partial charge is 0.268 e. The number of alkyl halides is 2. The highest BCUT2D eigenvalue weighted by atomic mass is 19.3. The zero-order valence-electron chi connectivity index (χ0n) is 11.3. The average Bonchev–Trinajstić information content (AvgIpc) is 2.43. The summed E-state index contributed by atoms with van der Waals surface area (Å²) < 4.78 is 29.5. The summed E-state index contributed by atoms with van der Waals surface area (Å²) in [4.78, 5) is 0. The van der Waals surface area contributed by atoms with Crippen LogP contribution in [-0.2, 0) is 6.54 Å². The first-order valence-electron chi connectivity index (χ1n) is 7.32. The Morgan fingerprint density at radius 1 is 1.35 bits per heavy atom. The highest BCUT2D eigenvalue weighted by Gasteiger charge is 2.67. The number of halogens is 2. The van der Waals surface area contributed by atoms with Gasteiger partial charge in [0.05, 0.1) is 11.2 Å². The van der Waals surface area contributed by atoms with E-state index in [4.69, 9.17) is 0 Å². The number of nitrogens with one attached hydrogen (secondary N) is 1. The molecule has 0 amide bonds. The average molecular weight is 278 g/mol. The second-order valence-corrected chi connectivity index (χ2v) is 6.61. The highest BCUT2D eigenvalue weighted by Crippen LogP contribution is 2.63. The largest absolute Gasteiger partial charge is 0.300 e. The molecule has 4 saturated carbocycles. The van der Waals surface area contributed by atoms with E-state index in [1.807, 2.05) is 6.07 Å². The zero-order valence-corrected chi connectivity index (χ0v) is 11.3. The lowest BCUT2D eigenvalue weighted by atomic mass is 9.51. The second kappa shape index (κ2) is 4.20. The maximum absolute atomic E-state index is 14.8. The van der Waals surface area contributed by atoms with E-state index in [1.165, 1.54) is 5.92 Å². The van der Waals surface area contributed by atoms with Crippen LogP contribution in [0.25, 0.3) is 0 Å². The lowest BCUT2D eigenvalue weighted by Crippen LogP contribution is -2.70. The van der Waals surface area contributed by atoms with E-state index < -0.39 is 17.4 Å². The molecule has 3 unspecified atom stereocenters. The lowest BCUT2D eigenvalue weighted by Gasteiger charge is -2.60. The highest BCUT2D eigenvalue weighted by molar-refractivity contribution is 5.24. The Labute approximate surface area is 117 Å². The van der Waals surface area contributed by atoms with Crippen LogP contribution >= 0.6 is 0 Å². The third kappa shape index (κ3) is 1.72. The van der Waals surface area contributed by atoms with Gasteiger partial charge in [-0.05, 0) is 56.1 Å². The van der Waals surface area contributed by atoms with Gasteiger partial charge in [0.1, 0.15) is 0 Å². The Hall–Kier alpha value is -1.10. The monoisotopic (exact) mass is 278 g/mol. The van der Waals surface area contributed by atoms with Gasteiger partial charge in [0.25, 0.3) is 5.92 Å². The summed E-state index contributed by atoms with van der Waals surface area (Å²) in [5, 5.41) is 10.9. The van der Waals surface area contributed by atoms with E-state index in [1.54, 1.807) is 12.3 Å². The molecule has 3 atom stereocenters. The van der Waals surface area contributed by atoms with Crippen molar-refractivity contribution in [2.45, 2.75) is 50.1 Å². The van der Waals surface area contributed by atoms with Gasteiger partial charge in [-0.2, -0.15) is 10.2 Å². The summed E-state index contributed by atoms with van der Waals surface area (Å²) in [6.07, 6.45) is 5.14. The number of rotatable bonds is 3. The van der Waals surface area contributed by atoms with E-state index in [2.05, 4.69) is 15.5 Å². The van der Waals surface area contributed by atoms with E-state index in [0.29, 0.717) is 38.1 Å². The van der Waals surface area contributed by atoms with Crippen molar-refractivity contribution in [3.63, 3.8) is 0 Å². The minimum Gasteiger partial charge on any atom is -0.300 e. The van der Waals surface area contributed by atoms with Crippen LogP contribution in [0.4, 0.5) is 8.78 Å². The van der Waals surface area contributed by atoms with E-state index in [9.17, 15) is 8.78 Å². The summed E-state index contributed by atoms with van der Waals surface area (Å²) in [6, 6.07) is 3.61. The molecule has 0 aliphatic heterocycles. The predicted octanol–water partition coefficient (Wildman–Crippen LogP) is 2.74. The number of hydrogen-bond donors (Lipinski definition) is 1. The summed E-state index contributed by atoms with van der Waals surface area (Å²) in [5.74, 6) is -1.26. The quantitative estimate of drug-likeness (QED) is 0.924. The fourth-order valence-corrected chi connectivity index (χ4v) is 4.56. The van der Waals surface area contributed by atoms with Crippen molar-refractivity contribution in [3.05, 3.63) is 29.9 Å². The van der Waals surface area contributed by atoms with Crippen LogP contribution in [-0.4, -0.2) is 21.7 Å². The fraction of sp³-hybridized carbons (Fsp3) is 0.667. The number of nitrogens with zero attached hydrogens (tertiary/aromatic N) is 2. The maximum atomic E-state index is 14.8. The maximum Gasteiger partial charge on any atom is 0.268 e. The van der Waals surface area contributed by atoms with Crippen molar-refractivity contribution in [2.75, 3.05) is 0 Å². The van der Waals surface area contributed by atoms with Crippen LogP contribution in [0.15, 0.2) is 18.3 Å². The van der Waals surface area contributed by atoms with Gasteiger partial charge >= 0.3 is 0 Å². The van der Waals surface area contributed by atoms with Crippen molar-refractivity contribution < 1.29 is 8.78 Å². The third-order valence-electron chi connectivity index (χ3n) is 5.31. The Kier molecular flexibility index (Phi) is 2.65. The molecule has 4 bridgehead atoms. The number of hydrogen-bond acceptors (Lipinski definition) is 3. The Morgan fingerprint density at radius 3 is 3.00 bits per heavy atom. The topological polar surface area (TPSA) is 37.8 Å². The van der Waals surface area contributed by atoms with Gasteiger partial charge < -0.3 is 5.32 Å². The van der Waals surface area contributed by atoms with Gasteiger partial charge in [-0.1, -0.05) is 0 Å². The molecule has 1 radical (unpaired) electrons. The molecule has 1 heterocycles. The molecule has 1 N–H and O–H groups in total. The minimum absolute atomic E-state index is 0.371. The van der Waals surface area contributed by atoms with Gasteiger partial charge in [0.2, 0.25) is 0 Å². The summed E-state index contributed by atoms with van der Waals surface area (Å²) in [5.41, 5.74) is -0.312. The van der Waals surface area contributed by atoms with Crippen LogP contribution in [0.5, 0.6) is 0 Å². The van der Waals surface area contributed by atoms with Gasteiger partial charge in [-0.25, -0.2) is 8.78 Å². The van der Waals surface area contributed by atoms with Crippen molar-refractivity contribution >= 4 is 0 Å². The molecule has 0 saturated heterocycles.